The summed E-state index contributed by atoms with van der Waals surface area (Å²) in [7, 11) is 1.52. The molecule has 0 bridgehead atoms. The largest absolute Gasteiger partial charge is 0.302 e. The standard InChI is InChI=1S/C18H25IOS/c1-18-10-9-14(20-21-19)11-13(18)6-7-16-15-4-2-3-12(15)5-8-17(16)18/h3,6,14-17H,2,4-5,7-11H2,1H3. The molecule has 4 aliphatic carbocycles. The number of hydrogen-bond donors (Lipinski definition) is 0. The highest BCUT2D eigenvalue weighted by Crippen LogP contribution is 2.60. The molecule has 4 aliphatic rings. The molecule has 0 saturated heterocycles. The normalized spacial score (nSPS) is 45.2. The molecule has 0 aliphatic heterocycles. The van der Waals surface area contributed by atoms with Gasteiger partial charge in [0.05, 0.1) is 15.3 Å². The molecule has 0 radical (unpaired) electrons. The van der Waals surface area contributed by atoms with Gasteiger partial charge in [0.1, 0.15) is 0 Å². The lowest BCUT2D eigenvalue weighted by Gasteiger charge is -2.54. The van der Waals surface area contributed by atoms with E-state index in [0.717, 1.165) is 17.8 Å². The van der Waals surface area contributed by atoms with Gasteiger partial charge in [-0.3, -0.25) is 0 Å². The van der Waals surface area contributed by atoms with E-state index in [1.807, 2.05) is 5.57 Å². The first-order chi connectivity index (χ1) is 10.2. The molecule has 0 aromatic carbocycles. The van der Waals surface area contributed by atoms with Crippen molar-refractivity contribution in [1.29, 1.82) is 0 Å². The van der Waals surface area contributed by atoms with Crippen molar-refractivity contribution in [3.63, 3.8) is 0 Å². The molecule has 2 fully saturated rings. The molecule has 4 rings (SSSR count). The molecule has 0 N–H and O–H groups in total. The number of fused-ring (bicyclic) bond motifs is 5. The predicted molar refractivity (Wildman–Crippen MR) is 98.2 cm³/mol. The summed E-state index contributed by atoms with van der Waals surface area (Å²) < 4.78 is 5.84. The van der Waals surface area contributed by atoms with Gasteiger partial charge in [0.25, 0.3) is 0 Å². The van der Waals surface area contributed by atoms with Crippen molar-refractivity contribution in [2.45, 2.75) is 64.4 Å². The highest BCUT2D eigenvalue weighted by Gasteiger charge is 2.51. The topological polar surface area (TPSA) is 9.23 Å². The van der Waals surface area contributed by atoms with Crippen LogP contribution in [-0.4, -0.2) is 6.10 Å². The summed E-state index contributed by atoms with van der Waals surface area (Å²) in [4.78, 5) is 0. The Labute approximate surface area is 145 Å². The molecular weight excluding hydrogens is 391 g/mol. The SMILES string of the molecule is CC12CCC(OSI)CC1=CCC1C3CCC=C3CCC12. The maximum atomic E-state index is 5.84. The van der Waals surface area contributed by atoms with Crippen LogP contribution in [0.4, 0.5) is 0 Å². The summed E-state index contributed by atoms with van der Waals surface area (Å²) in [5.74, 6) is 2.81. The fourth-order valence-corrected chi connectivity index (χ4v) is 7.00. The molecule has 3 heteroatoms. The predicted octanol–water partition coefficient (Wildman–Crippen LogP) is 6.25. The third kappa shape index (κ3) is 2.46. The molecule has 0 aromatic rings. The first-order valence-corrected chi connectivity index (χ1v) is 11.8. The lowest BCUT2D eigenvalue weighted by Crippen LogP contribution is -2.46. The zero-order valence-electron chi connectivity index (χ0n) is 12.8. The zero-order chi connectivity index (χ0) is 14.4. The molecule has 5 unspecified atom stereocenters. The van der Waals surface area contributed by atoms with Gasteiger partial charge < -0.3 is 4.18 Å². The second-order valence-corrected chi connectivity index (χ2v) is 9.08. The Balaban J connectivity index is 1.60. The highest BCUT2D eigenvalue weighted by molar-refractivity contribution is 14.2. The summed E-state index contributed by atoms with van der Waals surface area (Å²) in [6.45, 7) is 2.58. The number of hydrogen-bond acceptors (Lipinski definition) is 2. The van der Waals surface area contributed by atoms with Gasteiger partial charge in [-0.1, -0.05) is 30.2 Å². The molecule has 0 amide bonds. The van der Waals surface area contributed by atoms with Gasteiger partial charge in [-0.2, -0.15) is 0 Å². The van der Waals surface area contributed by atoms with Crippen LogP contribution in [0.5, 0.6) is 0 Å². The molecule has 116 valence electrons. The van der Waals surface area contributed by atoms with Crippen LogP contribution < -0.4 is 0 Å². The van der Waals surface area contributed by atoms with E-state index in [0.29, 0.717) is 11.5 Å². The maximum absolute atomic E-state index is 5.84. The van der Waals surface area contributed by atoms with E-state index in [9.17, 15) is 0 Å². The van der Waals surface area contributed by atoms with E-state index in [-0.39, 0.29) is 0 Å². The molecular formula is C18H25IOS. The highest BCUT2D eigenvalue weighted by atomic mass is 127. The molecule has 0 heterocycles. The zero-order valence-corrected chi connectivity index (χ0v) is 15.8. The number of halogens is 1. The Bertz CT molecular complexity index is 486. The van der Waals surface area contributed by atoms with E-state index in [1.54, 1.807) is 5.57 Å². The Kier molecular flexibility index (Phi) is 4.21. The minimum absolute atomic E-state index is 0.452. The Morgan fingerprint density at radius 3 is 3.05 bits per heavy atom. The van der Waals surface area contributed by atoms with Crippen LogP contribution >= 0.6 is 30.4 Å². The lowest BCUT2D eigenvalue weighted by molar-refractivity contribution is 0.0350. The van der Waals surface area contributed by atoms with Crippen LogP contribution in [0.1, 0.15) is 58.3 Å². The summed E-state index contributed by atoms with van der Waals surface area (Å²) in [5, 5.41) is 0. The molecule has 1 nitrogen and oxygen atoms in total. The third-order valence-electron chi connectivity index (χ3n) is 6.93. The third-order valence-corrected chi connectivity index (χ3v) is 7.90. The molecule has 2 saturated carbocycles. The van der Waals surface area contributed by atoms with Crippen molar-refractivity contribution < 1.29 is 4.18 Å². The van der Waals surface area contributed by atoms with Crippen molar-refractivity contribution in [3.05, 3.63) is 23.3 Å². The Hall–Kier alpha value is 0.520. The fourth-order valence-electron chi connectivity index (χ4n) is 5.85. The minimum Gasteiger partial charge on any atom is -0.302 e. The first-order valence-electron chi connectivity index (χ1n) is 8.55. The Morgan fingerprint density at radius 2 is 2.19 bits per heavy atom. The number of allylic oxidation sites excluding steroid dienone is 3. The van der Waals surface area contributed by atoms with Crippen LogP contribution in [0.2, 0.25) is 0 Å². The molecule has 21 heavy (non-hydrogen) atoms. The number of rotatable bonds is 2. The quantitative estimate of drug-likeness (QED) is 0.299. The van der Waals surface area contributed by atoms with Crippen LogP contribution in [0, 0.1) is 23.2 Å². The van der Waals surface area contributed by atoms with Crippen molar-refractivity contribution >= 4 is 30.4 Å². The maximum Gasteiger partial charge on any atom is 0.0769 e. The van der Waals surface area contributed by atoms with Gasteiger partial charge >= 0.3 is 0 Å². The van der Waals surface area contributed by atoms with Crippen LogP contribution in [0.15, 0.2) is 23.3 Å². The summed E-state index contributed by atoms with van der Waals surface area (Å²) in [6.07, 6.45) is 16.4. The van der Waals surface area contributed by atoms with Gasteiger partial charge in [-0.25, -0.2) is 0 Å². The van der Waals surface area contributed by atoms with Crippen molar-refractivity contribution in [3.8, 4) is 0 Å². The van der Waals surface area contributed by atoms with Gasteiger partial charge in [0.2, 0.25) is 0 Å². The monoisotopic (exact) mass is 416 g/mol. The van der Waals surface area contributed by atoms with E-state index >= 15 is 0 Å². The fraction of sp³-hybridized carbons (Fsp3) is 0.778. The summed E-state index contributed by atoms with van der Waals surface area (Å²) >= 11 is 2.26. The van der Waals surface area contributed by atoms with Crippen LogP contribution in [0.3, 0.4) is 0 Å². The van der Waals surface area contributed by atoms with E-state index in [1.165, 1.54) is 60.6 Å². The molecule has 0 aromatic heterocycles. The minimum atomic E-state index is 0.452. The van der Waals surface area contributed by atoms with Gasteiger partial charge in [-0.05, 0) is 74.5 Å². The lowest BCUT2D eigenvalue weighted by atomic mass is 9.51. The Morgan fingerprint density at radius 1 is 1.29 bits per heavy atom. The smallest absolute Gasteiger partial charge is 0.0769 e. The average molecular weight is 416 g/mol. The van der Waals surface area contributed by atoms with Crippen molar-refractivity contribution in [2.24, 2.45) is 23.2 Å². The van der Waals surface area contributed by atoms with E-state index < -0.39 is 0 Å². The average Bonchev–Trinajstić information content (AvgIpc) is 2.96. The second-order valence-electron chi connectivity index (χ2n) is 7.68. The van der Waals surface area contributed by atoms with Gasteiger partial charge in [-0.15, -0.1) is 0 Å². The summed E-state index contributed by atoms with van der Waals surface area (Å²) in [5.41, 5.74) is 4.03. The summed E-state index contributed by atoms with van der Waals surface area (Å²) in [6, 6.07) is 0. The van der Waals surface area contributed by atoms with Crippen LogP contribution in [0.25, 0.3) is 0 Å². The van der Waals surface area contributed by atoms with Crippen molar-refractivity contribution in [2.75, 3.05) is 0 Å². The second kappa shape index (κ2) is 5.86. The van der Waals surface area contributed by atoms with Gasteiger partial charge in [0.15, 0.2) is 0 Å². The van der Waals surface area contributed by atoms with E-state index in [4.69, 9.17) is 4.18 Å². The molecule has 5 atom stereocenters. The molecule has 0 spiro atoms. The first kappa shape index (κ1) is 15.1. The van der Waals surface area contributed by atoms with E-state index in [2.05, 4.69) is 40.3 Å². The van der Waals surface area contributed by atoms with Crippen molar-refractivity contribution in [1.82, 2.24) is 0 Å². The van der Waals surface area contributed by atoms with Crippen LogP contribution in [-0.2, 0) is 4.18 Å². The van der Waals surface area contributed by atoms with Gasteiger partial charge in [0, 0.05) is 21.2 Å².